The second-order valence-corrected chi connectivity index (χ2v) is 9.29. The van der Waals surface area contributed by atoms with Gasteiger partial charge in [-0.05, 0) is 62.7 Å². The quantitative estimate of drug-likeness (QED) is 0.653. The molecule has 2 aliphatic rings. The van der Waals surface area contributed by atoms with E-state index in [9.17, 15) is 0 Å². The summed E-state index contributed by atoms with van der Waals surface area (Å²) in [4.78, 5) is 14.5. The van der Waals surface area contributed by atoms with Crippen LogP contribution >= 0.6 is 12.2 Å². The van der Waals surface area contributed by atoms with Crippen LogP contribution in [0.25, 0.3) is 0 Å². The predicted octanol–water partition coefficient (Wildman–Crippen LogP) is 4.75. The fraction of sp³-hybridized carbons (Fsp3) is 0.542. The van der Waals surface area contributed by atoms with Gasteiger partial charge in [0.25, 0.3) is 0 Å². The molecule has 31 heavy (non-hydrogen) atoms. The van der Waals surface area contributed by atoms with E-state index in [4.69, 9.17) is 22.2 Å². The third-order valence-electron chi connectivity index (χ3n) is 6.23. The van der Waals surface area contributed by atoms with E-state index in [0.717, 1.165) is 37.8 Å². The lowest BCUT2D eigenvalue weighted by Gasteiger charge is -2.33. The molecule has 2 fully saturated rings. The maximum atomic E-state index is 5.60. The maximum Gasteiger partial charge on any atom is 0.232 e. The molecule has 4 rings (SSSR count). The third kappa shape index (κ3) is 5.85. The van der Waals surface area contributed by atoms with Crippen LogP contribution < -0.4 is 20.4 Å². The molecule has 3 heterocycles. The van der Waals surface area contributed by atoms with Crippen LogP contribution in [0.4, 0.5) is 17.6 Å². The van der Waals surface area contributed by atoms with E-state index < -0.39 is 0 Å². The molecule has 0 spiro atoms. The molecule has 2 N–H and O–H groups in total. The maximum absolute atomic E-state index is 5.60. The van der Waals surface area contributed by atoms with Crippen LogP contribution in [0.1, 0.15) is 57.6 Å². The normalized spacial score (nSPS) is 20.3. The number of hydrogen-bond donors (Lipinski definition) is 2. The Labute approximate surface area is 191 Å². The first-order chi connectivity index (χ1) is 15.1. The number of anilines is 3. The molecule has 2 aliphatic heterocycles. The van der Waals surface area contributed by atoms with E-state index in [1.807, 2.05) is 18.2 Å². The Morgan fingerprint density at radius 1 is 1.00 bits per heavy atom. The zero-order chi connectivity index (χ0) is 21.6. The highest BCUT2D eigenvalue weighted by molar-refractivity contribution is 7.80. The first kappa shape index (κ1) is 21.8. The molecule has 0 bridgehead atoms. The summed E-state index contributed by atoms with van der Waals surface area (Å²) in [6.07, 6.45) is 6.24. The van der Waals surface area contributed by atoms with Crippen LogP contribution in [-0.4, -0.2) is 41.3 Å². The molecule has 1 aromatic heterocycles. The Bertz CT molecular complexity index is 868. The summed E-state index contributed by atoms with van der Waals surface area (Å²) in [5.41, 5.74) is 1.19. The van der Waals surface area contributed by atoms with Crippen LogP contribution in [0.2, 0.25) is 0 Å². The molecule has 2 aromatic rings. The number of nitrogens with one attached hydrogen (secondary N) is 2. The molecule has 2 saturated heterocycles. The number of piperidine rings is 2. The van der Waals surface area contributed by atoms with Crippen molar-refractivity contribution in [1.29, 1.82) is 0 Å². The largest absolute Gasteiger partial charge is 0.356 e. The van der Waals surface area contributed by atoms with Crippen LogP contribution in [0, 0.1) is 5.92 Å². The van der Waals surface area contributed by atoms with Gasteiger partial charge in [-0.2, -0.15) is 9.97 Å². The van der Waals surface area contributed by atoms with E-state index in [-0.39, 0.29) is 6.04 Å². The van der Waals surface area contributed by atoms with Gasteiger partial charge in [0.1, 0.15) is 11.6 Å². The number of hydrogen-bond acceptors (Lipinski definition) is 5. The zero-order valence-corrected chi connectivity index (χ0v) is 19.5. The highest BCUT2D eigenvalue weighted by Gasteiger charge is 2.21. The summed E-state index contributed by atoms with van der Waals surface area (Å²) < 4.78 is 0. The van der Waals surface area contributed by atoms with Gasteiger partial charge in [-0.1, -0.05) is 37.3 Å². The van der Waals surface area contributed by atoms with Crippen molar-refractivity contribution >= 4 is 34.9 Å². The van der Waals surface area contributed by atoms with Crippen molar-refractivity contribution in [3.63, 3.8) is 0 Å². The van der Waals surface area contributed by atoms with Gasteiger partial charge in [-0.25, -0.2) is 0 Å². The van der Waals surface area contributed by atoms with Gasteiger partial charge in [0.15, 0.2) is 5.11 Å². The third-order valence-corrected chi connectivity index (χ3v) is 6.45. The summed E-state index contributed by atoms with van der Waals surface area (Å²) in [7, 11) is 0. The van der Waals surface area contributed by atoms with Gasteiger partial charge >= 0.3 is 0 Å². The van der Waals surface area contributed by atoms with E-state index in [1.54, 1.807) is 0 Å². The minimum atomic E-state index is 0.105. The number of benzene rings is 1. The molecular weight excluding hydrogens is 404 g/mol. The van der Waals surface area contributed by atoms with E-state index in [2.05, 4.69) is 52.5 Å². The van der Waals surface area contributed by atoms with E-state index in [0.29, 0.717) is 17.0 Å². The minimum absolute atomic E-state index is 0.105. The van der Waals surface area contributed by atoms with Crippen molar-refractivity contribution in [2.24, 2.45) is 5.92 Å². The average molecular weight is 439 g/mol. The highest BCUT2D eigenvalue weighted by atomic mass is 32.1. The van der Waals surface area contributed by atoms with Gasteiger partial charge in [0.05, 0.1) is 6.04 Å². The number of aromatic nitrogens is 2. The minimum Gasteiger partial charge on any atom is -0.356 e. The smallest absolute Gasteiger partial charge is 0.232 e. The molecule has 1 aromatic carbocycles. The SMILES string of the molecule is C[C@H]1CCCN(c2cc(N3CCCCC3)nc(NC(=S)N[C@@H](C)c3ccccc3)n2)C1. The van der Waals surface area contributed by atoms with Crippen LogP contribution in [0.15, 0.2) is 36.4 Å². The lowest BCUT2D eigenvalue weighted by Crippen LogP contribution is -2.36. The summed E-state index contributed by atoms with van der Waals surface area (Å²) in [5.74, 6) is 3.27. The molecule has 0 aliphatic carbocycles. The molecule has 166 valence electrons. The van der Waals surface area contributed by atoms with Gasteiger partial charge in [0.2, 0.25) is 5.95 Å². The standard InChI is InChI=1S/C24H34N6S/c1-18-10-9-15-30(17-18)22-16-21(29-13-7-4-8-14-29)26-23(27-22)28-24(31)25-19(2)20-11-5-3-6-12-20/h3,5-6,11-12,16,18-19H,4,7-10,13-15,17H2,1-2H3,(H2,25,26,27,28,31)/t18-,19-/m0/s1. The summed E-state index contributed by atoms with van der Waals surface area (Å²) >= 11 is 5.60. The molecule has 0 saturated carbocycles. The number of rotatable bonds is 5. The Morgan fingerprint density at radius 2 is 1.68 bits per heavy atom. The number of thiocarbonyl (C=S) groups is 1. The van der Waals surface area contributed by atoms with Gasteiger partial charge in [-0.15, -0.1) is 0 Å². The Kier molecular flexibility index (Phi) is 7.22. The topological polar surface area (TPSA) is 56.3 Å². The summed E-state index contributed by atoms with van der Waals surface area (Å²) in [5, 5.41) is 7.17. The molecular formula is C24H34N6S. The van der Waals surface area contributed by atoms with Crippen molar-refractivity contribution in [2.45, 2.75) is 52.0 Å². The Morgan fingerprint density at radius 3 is 2.39 bits per heavy atom. The fourth-order valence-electron chi connectivity index (χ4n) is 4.48. The Hall–Kier alpha value is -2.41. The molecule has 7 heteroatoms. The second kappa shape index (κ2) is 10.3. The molecule has 2 atom stereocenters. The predicted molar refractivity (Wildman–Crippen MR) is 133 cm³/mol. The molecule has 0 amide bonds. The average Bonchev–Trinajstić information content (AvgIpc) is 2.80. The molecule has 0 radical (unpaired) electrons. The summed E-state index contributed by atoms with van der Waals surface area (Å²) in [6, 6.07) is 12.6. The van der Waals surface area contributed by atoms with Gasteiger partial charge in [0, 0.05) is 32.2 Å². The Balaban J connectivity index is 1.52. The second-order valence-electron chi connectivity index (χ2n) is 8.88. The first-order valence-corrected chi connectivity index (χ1v) is 12.0. The van der Waals surface area contributed by atoms with Crippen LogP contribution in [0.5, 0.6) is 0 Å². The van der Waals surface area contributed by atoms with Crippen molar-refractivity contribution in [3.05, 3.63) is 42.0 Å². The van der Waals surface area contributed by atoms with Crippen molar-refractivity contribution in [1.82, 2.24) is 15.3 Å². The summed E-state index contributed by atoms with van der Waals surface area (Å²) in [6.45, 7) is 8.63. The monoisotopic (exact) mass is 438 g/mol. The lowest BCUT2D eigenvalue weighted by atomic mass is 10.0. The van der Waals surface area contributed by atoms with Crippen molar-refractivity contribution in [3.8, 4) is 0 Å². The van der Waals surface area contributed by atoms with Crippen LogP contribution in [-0.2, 0) is 0 Å². The lowest BCUT2D eigenvalue weighted by molar-refractivity contribution is 0.444. The van der Waals surface area contributed by atoms with Gasteiger partial charge < -0.3 is 20.4 Å². The fourth-order valence-corrected chi connectivity index (χ4v) is 4.75. The van der Waals surface area contributed by atoms with Crippen molar-refractivity contribution in [2.75, 3.05) is 41.3 Å². The molecule has 0 unspecified atom stereocenters. The van der Waals surface area contributed by atoms with Crippen molar-refractivity contribution < 1.29 is 0 Å². The van der Waals surface area contributed by atoms with Gasteiger partial charge in [-0.3, -0.25) is 0 Å². The first-order valence-electron chi connectivity index (χ1n) is 11.6. The number of nitrogens with zero attached hydrogens (tertiary/aromatic N) is 4. The highest BCUT2D eigenvalue weighted by Crippen LogP contribution is 2.27. The molecule has 6 nitrogen and oxygen atoms in total. The van der Waals surface area contributed by atoms with E-state index in [1.165, 1.54) is 37.7 Å². The van der Waals surface area contributed by atoms with E-state index >= 15 is 0 Å². The van der Waals surface area contributed by atoms with Crippen LogP contribution in [0.3, 0.4) is 0 Å². The zero-order valence-electron chi connectivity index (χ0n) is 18.7.